The van der Waals surface area contributed by atoms with Crippen LogP contribution in [0.15, 0.2) is 195 Å². The van der Waals surface area contributed by atoms with Crippen LogP contribution in [0.1, 0.15) is 22.5 Å². The Hall–Kier alpha value is -7.82. The van der Waals surface area contributed by atoms with Gasteiger partial charge < -0.3 is 0 Å². The zero-order valence-corrected chi connectivity index (χ0v) is 40.4. The van der Waals surface area contributed by atoms with Crippen molar-refractivity contribution in [3.8, 4) is 46.5 Å². The van der Waals surface area contributed by atoms with Gasteiger partial charge in [-0.3, -0.25) is 29.9 Å². The second-order valence-corrected chi connectivity index (χ2v) is 18.3. The van der Waals surface area contributed by atoms with Crippen LogP contribution in [-0.4, -0.2) is 39.9 Å². The molecule has 0 spiro atoms. The van der Waals surface area contributed by atoms with Crippen LogP contribution in [0.4, 0.5) is 50.4 Å². The molecule has 0 saturated heterocycles. The van der Waals surface area contributed by atoms with Crippen molar-refractivity contribution in [1.82, 2.24) is 39.9 Å². The van der Waals surface area contributed by atoms with Crippen LogP contribution >= 0.6 is 15.6 Å². The molecule has 0 aliphatic rings. The standard InChI is InChI=1S/C30H16N4.2C10H8N2.2F6P.Ru/c1-3-9-21(10-4-1)15-17-25-26(18-16-22-11-5-2-6-12-22)34-30-24-14-8-20-32-28(24)27-23(29(30)33-25)13-7-19-31-27;2*1-3-7-11-9(5-1)10-6-2-4-8-12-10;2*1-7(2,3,4,5)6;/h1-14,19-20H;2*1-8H;;;/q;;;2*-1;+2. The smallest absolute Gasteiger partial charge is 0.255 e. The Morgan fingerprint density at radius 3 is 0.795 bits per heavy atom. The van der Waals surface area contributed by atoms with Crippen LogP contribution in [0.5, 0.6) is 0 Å². The Bertz CT molecular complexity index is 3230. The molecule has 7 aromatic heterocycles. The van der Waals surface area contributed by atoms with Crippen LogP contribution in [0.3, 0.4) is 0 Å². The molecule has 0 unspecified atom stereocenters. The van der Waals surface area contributed by atoms with E-state index in [9.17, 15) is 50.4 Å². The van der Waals surface area contributed by atoms with E-state index < -0.39 is 15.6 Å². The van der Waals surface area contributed by atoms with E-state index in [-0.39, 0.29) is 19.5 Å². The molecule has 0 fully saturated rings. The molecule has 0 N–H and O–H groups in total. The molecule has 0 atom stereocenters. The maximum atomic E-state index is 9.87. The third-order valence-electron chi connectivity index (χ3n) is 8.63. The fourth-order valence-corrected chi connectivity index (χ4v) is 5.92. The number of hydrogen-bond donors (Lipinski definition) is 0. The average molecular weight is 1140 g/mol. The van der Waals surface area contributed by atoms with Gasteiger partial charge in [0, 0.05) is 59.1 Å². The van der Waals surface area contributed by atoms with Crippen molar-refractivity contribution in [2.75, 3.05) is 0 Å². The molecule has 10 aromatic rings. The number of nitrogens with zero attached hydrogens (tertiary/aromatic N) is 8. The van der Waals surface area contributed by atoms with E-state index in [1.54, 1.807) is 37.2 Å². The van der Waals surface area contributed by atoms with Gasteiger partial charge in [-0.15, -0.1) is 0 Å². The van der Waals surface area contributed by atoms with Gasteiger partial charge in [-0.05, 0) is 109 Å². The molecule has 0 aliphatic carbocycles. The Balaban J connectivity index is 0.000000206. The fourth-order valence-electron chi connectivity index (χ4n) is 5.92. The first-order chi connectivity index (χ1) is 33.7. The molecule has 0 saturated carbocycles. The zero-order chi connectivity index (χ0) is 52.0. The van der Waals surface area contributed by atoms with Crippen molar-refractivity contribution < 1.29 is 69.8 Å². The van der Waals surface area contributed by atoms with Crippen molar-refractivity contribution in [2.45, 2.75) is 0 Å². The van der Waals surface area contributed by atoms with Gasteiger partial charge in [0.2, 0.25) is 0 Å². The molecule has 7 heterocycles. The van der Waals surface area contributed by atoms with Gasteiger partial charge in [-0.25, -0.2) is 9.97 Å². The minimum absolute atomic E-state index is 0. The number of halogens is 12. The van der Waals surface area contributed by atoms with Gasteiger partial charge in [0.1, 0.15) is 22.4 Å². The monoisotopic (exact) mass is 1140 g/mol. The van der Waals surface area contributed by atoms with Crippen LogP contribution in [0, 0.1) is 23.7 Å². The van der Waals surface area contributed by atoms with Crippen molar-refractivity contribution >= 4 is 48.5 Å². The molecule has 73 heavy (non-hydrogen) atoms. The van der Waals surface area contributed by atoms with E-state index in [0.29, 0.717) is 11.4 Å². The summed E-state index contributed by atoms with van der Waals surface area (Å²) in [6.07, 6.45) is 10.6. The average Bonchev–Trinajstić information content (AvgIpc) is 3.35. The molecular formula is C50H32F12N8P2Ru. The molecule has 10 rings (SSSR count). The summed E-state index contributed by atoms with van der Waals surface area (Å²) < 4.78 is 118. The third kappa shape index (κ3) is 21.2. The van der Waals surface area contributed by atoms with E-state index in [2.05, 4.69) is 53.6 Å². The third-order valence-corrected chi connectivity index (χ3v) is 8.63. The molecule has 8 nitrogen and oxygen atoms in total. The zero-order valence-electron chi connectivity index (χ0n) is 36.8. The number of pyridine rings is 6. The van der Waals surface area contributed by atoms with Gasteiger partial charge in [0.05, 0.1) is 33.8 Å². The summed E-state index contributed by atoms with van der Waals surface area (Å²) in [6.45, 7) is 0. The van der Waals surface area contributed by atoms with Gasteiger partial charge in [-0.1, -0.05) is 72.5 Å². The van der Waals surface area contributed by atoms with Crippen LogP contribution in [0.2, 0.25) is 0 Å². The Kier molecular flexibility index (Phi) is 16.8. The molecule has 3 aromatic carbocycles. The van der Waals surface area contributed by atoms with Crippen LogP contribution < -0.4 is 0 Å². The fraction of sp³-hybridized carbons (Fsp3) is 0. The summed E-state index contributed by atoms with van der Waals surface area (Å²) in [5.74, 6) is 12.8. The Labute approximate surface area is 420 Å². The van der Waals surface area contributed by atoms with Crippen molar-refractivity contribution in [2.24, 2.45) is 0 Å². The van der Waals surface area contributed by atoms with E-state index >= 15 is 0 Å². The number of hydrogen-bond acceptors (Lipinski definition) is 8. The quantitative estimate of drug-likeness (QED) is 0.0554. The van der Waals surface area contributed by atoms with Gasteiger partial charge in [0.15, 0.2) is 0 Å². The first-order valence-electron chi connectivity index (χ1n) is 20.5. The molecule has 374 valence electrons. The second kappa shape index (κ2) is 21.9. The van der Waals surface area contributed by atoms with Crippen LogP contribution in [-0.2, 0) is 19.5 Å². The predicted molar refractivity (Wildman–Crippen MR) is 257 cm³/mol. The van der Waals surface area contributed by atoms with Crippen molar-refractivity contribution in [1.29, 1.82) is 0 Å². The molecule has 23 heteroatoms. The minimum Gasteiger partial charge on any atom is -0.255 e. The van der Waals surface area contributed by atoms with Gasteiger partial charge >= 0.3 is 85.5 Å². The number of rotatable bonds is 2. The van der Waals surface area contributed by atoms with Gasteiger partial charge in [0.25, 0.3) is 0 Å². The topological polar surface area (TPSA) is 103 Å². The summed E-state index contributed by atoms with van der Waals surface area (Å²) in [5.41, 5.74) is 9.61. The first-order valence-corrected chi connectivity index (χ1v) is 24.5. The summed E-state index contributed by atoms with van der Waals surface area (Å²) in [6, 6.07) is 50.6. The SMILES string of the molecule is C(#Cc1nc2c3cccnc3c3ncccc3c2nc1C#Cc1ccccc1)c1ccccc1.F[P-](F)(F)(F)(F)F.F[P-](F)(F)(F)(F)F.[Ru+2].c1ccc(-c2ccccn2)nc1.c1ccc(-c2ccccn2)nc1. The maximum absolute atomic E-state index is 10.7. The predicted octanol–water partition coefficient (Wildman–Crippen LogP) is 16.6. The van der Waals surface area contributed by atoms with E-state index in [0.717, 1.165) is 66.7 Å². The number of fused-ring (bicyclic) bond motifs is 6. The van der Waals surface area contributed by atoms with E-state index in [4.69, 9.17) is 9.97 Å². The Morgan fingerprint density at radius 2 is 0.534 bits per heavy atom. The maximum Gasteiger partial charge on any atom is 2.00 e. The van der Waals surface area contributed by atoms with E-state index in [1.165, 1.54) is 0 Å². The molecule has 0 bridgehead atoms. The molecular weight excluding hydrogens is 1100 g/mol. The Morgan fingerprint density at radius 1 is 0.274 bits per heavy atom. The van der Waals surface area contributed by atoms with E-state index in [1.807, 2.05) is 158 Å². The van der Waals surface area contributed by atoms with Crippen molar-refractivity contribution in [3.05, 3.63) is 217 Å². The summed E-state index contributed by atoms with van der Waals surface area (Å²) in [4.78, 5) is 35.9. The molecule has 0 aliphatic heterocycles. The largest absolute Gasteiger partial charge is 2.00 e. The normalized spacial score (nSPS) is 12.5. The van der Waals surface area contributed by atoms with Crippen molar-refractivity contribution in [3.63, 3.8) is 0 Å². The first kappa shape index (κ1) is 56.1. The van der Waals surface area contributed by atoms with Gasteiger partial charge in [-0.2, -0.15) is 0 Å². The molecule has 0 radical (unpaired) electrons. The van der Waals surface area contributed by atoms with Crippen LogP contribution in [0.25, 0.3) is 55.6 Å². The number of benzene rings is 3. The second-order valence-electron chi connectivity index (χ2n) is 14.4. The summed E-state index contributed by atoms with van der Waals surface area (Å²) in [5, 5.41) is 1.78. The molecule has 0 amide bonds. The summed E-state index contributed by atoms with van der Waals surface area (Å²) in [7, 11) is -21.3. The summed E-state index contributed by atoms with van der Waals surface area (Å²) >= 11 is 0. The number of aromatic nitrogens is 8. The minimum atomic E-state index is -10.7.